The minimum atomic E-state index is -4.53. The van der Waals surface area contributed by atoms with Crippen LogP contribution in [0.1, 0.15) is 23.2 Å². The van der Waals surface area contributed by atoms with Crippen LogP contribution in [-0.4, -0.2) is 43.2 Å². The van der Waals surface area contributed by atoms with Crippen LogP contribution >= 0.6 is 0 Å². The molecule has 3 aromatic rings. The van der Waals surface area contributed by atoms with Crippen molar-refractivity contribution in [3.8, 4) is 0 Å². The van der Waals surface area contributed by atoms with Crippen molar-refractivity contribution in [2.45, 2.75) is 25.6 Å². The molecule has 176 valence electrons. The van der Waals surface area contributed by atoms with Gasteiger partial charge in [-0.1, -0.05) is 6.07 Å². The molecule has 0 bridgehead atoms. The lowest BCUT2D eigenvalue weighted by Crippen LogP contribution is -2.37. The van der Waals surface area contributed by atoms with E-state index in [1.165, 1.54) is 49.3 Å². The maximum absolute atomic E-state index is 12.4. The zero-order valence-electron chi connectivity index (χ0n) is 17.8. The highest BCUT2D eigenvalue weighted by Gasteiger charge is 2.28. The smallest absolute Gasteiger partial charge is 0.343 e. The number of fused-ring (bicyclic) bond motifs is 1. The second-order valence-corrected chi connectivity index (χ2v) is 7.35. The van der Waals surface area contributed by atoms with E-state index < -0.39 is 29.9 Å². The fourth-order valence-corrected chi connectivity index (χ4v) is 3.22. The number of nitrogens with one attached hydrogen (secondary N) is 2. The molecule has 0 aliphatic rings. The van der Waals surface area contributed by atoms with Crippen LogP contribution < -0.4 is 21.9 Å². The van der Waals surface area contributed by atoms with E-state index >= 15 is 0 Å². The monoisotopic (exact) mass is 466 g/mol. The van der Waals surface area contributed by atoms with Crippen molar-refractivity contribution in [3.05, 3.63) is 57.0 Å². The molecule has 0 saturated carbocycles. The molecule has 2 N–H and O–H groups in total. The Morgan fingerprint density at radius 1 is 1.12 bits per heavy atom. The van der Waals surface area contributed by atoms with Crippen molar-refractivity contribution in [2.24, 2.45) is 14.1 Å². The Bertz CT molecular complexity index is 1320. The normalized spacial score (nSPS) is 11.5. The molecular weight excluding hydrogens is 445 g/mol. The molecule has 2 heterocycles. The number of nitrogens with zero attached hydrogens (tertiary/aromatic N) is 4. The van der Waals surface area contributed by atoms with Crippen molar-refractivity contribution in [3.63, 3.8) is 0 Å². The number of carbonyl (C=O) groups is 2. The number of imidazole rings is 1. The first-order valence-electron chi connectivity index (χ1n) is 9.83. The van der Waals surface area contributed by atoms with Crippen LogP contribution in [-0.2, 0) is 25.4 Å². The van der Waals surface area contributed by atoms with Crippen molar-refractivity contribution in [2.75, 3.05) is 11.9 Å². The van der Waals surface area contributed by atoms with Gasteiger partial charge in [-0.15, -0.1) is 0 Å². The van der Waals surface area contributed by atoms with E-state index in [9.17, 15) is 32.3 Å². The van der Waals surface area contributed by atoms with Gasteiger partial charge in [-0.2, -0.15) is 13.2 Å². The van der Waals surface area contributed by atoms with Gasteiger partial charge in [0.15, 0.2) is 11.2 Å². The molecule has 0 radical (unpaired) electrons. The molecule has 33 heavy (non-hydrogen) atoms. The number of halogens is 3. The van der Waals surface area contributed by atoms with Gasteiger partial charge in [-0.05, 0) is 24.6 Å². The van der Waals surface area contributed by atoms with Crippen LogP contribution in [0, 0.1) is 0 Å². The Morgan fingerprint density at radius 2 is 1.85 bits per heavy atom. The Labute approximate surface area is 184 Å². The number of aromatic nitrogens is 4. The van der Waals surface area contributed by atoms with Crippen molar-refractivity contribution >= 4 is 28.7 Å². The van der Waals surface area contributed by atoms with Gasteiger partial charge in [0.25, 0.3) is 11.5 Å². The molecule has 2 aromatic heterocycles. The summed E-state index contributed by atoms with van der Waals surface area (Å²) in [6, 6.07) is 5.55. The Morgan fingerprint density at radius 3 is 2.55 bits per heavy atom. The van der Waals surface area contributed by atoms with Crippen LogP contribution in [0.25, 0.3) is 11.2 Å². The van der Waals surface area contributed by atoms with E-state index in [0.717, 1.165) is 4.57 Å². The lowest BCUT2D eigenvalue weighted by atomic mass is 10.2. The standard InChI is InChI=1S/C20H21F3N6O4/c1-27-16-15(18(32)28(2)19(27)33)29(11-25-16)8-4-7-14(30)26-13-6-3-5-12(9-13)17(31)24-10-20(21,22)23/h3,5-6,9,11H,4,7-8,10H2,1-2H3,(H,24,31)(H,26,30). The lowest BCUT2D eigenvalue weighted by molar-refractivity contribution is -0.123. The van der Waals surface area contributed by atoms with Crippen LogP contribution in [0.4, 0.5) is 18.9 Å². The molecule has 1 aromatic carbocycles. The molecule has 10 nitrogen and oxygen atoms in total. The summed E-state index contributed by atoms with van der Waals surface area (Å²) in [5.41, 5.74) is -0.257. The molecule has 0 atom stereocenters. The van der Waals surface area contributed by atoms with E-state index in [2.05, 4.69) is 10.3 Å². The predicted octanol–water partition coefficient (Wildman–Crippen LogP) is 1.14. The number of rotatable bonds is 7. The van der Waals surface area contributed by atoms with Crippen molar-refractivity contribution in [1.29, 1.82) is 0 Å². The maximum Gasteiger partial charge on any atom is 0.405 e. The minimum Gasteiger partial charge on any atom is -0.343 e. The maximum atomic E-state index is 12.4. The van der Waals surface area contributed by atoms with Crippen LogP contribution in [0.3, 0.4) is 0 Å². The Kier molecular flexibility index (Phi) is 6.70. The van der Waals surface area contributed by atoms with Gasteiger partial charge in [-0.25, -0.2) is 9.78 Å². The minimum absolute atomic E-state index is 0.0246. The third kappa shape index (κ3) is 5.48. The van der Waals surface area contributed by atoms with Gasteiger partial charge in [0.2, 0.25) is 5.91 Å². The molecule has 3 rings (SSSR count). The number of hydrogen-bond acceptors (Lipinski definition) is 5. The van der Waals surface area contributed by atoms with Crippen LogP contribution in [0.5, 0.6) is 0 Å². The number of anilines is 1. The Balaban J connectivity index is 1.60. The van der Waals surface area contributed by atoms with E-state index in [1.807, 2.05) is 0 Å². The van der Waals surface area contributed by atoms with E-state index in [0.29, 0.717) is 6.42 Å². The summed E-state index contributed by atoms with van der Waals surface area (Å²) in [5.74, 6) is -1.29. The summed E-state index contributed by atoms with van der Waals surface area (Å²) in [4.78, 5) is 52.6. The summed E-state index contributed by atoms with van der Waals surface area (Å²) in [6.45, 7) is -1.17. The molecular formula is C20H21F3N6O4. The highest BCUT2D eigenvalue weighted by atomic mass is 19.4. The summed E-state index contributed by atoms with van der Waals surface area (Å²) in [5, 5.41) is 4.35. The number of alkyl halides is 3. The fourth-order valence-electron chi connectivity index (χ4n) is 3.22. The van der Waals surface area contributed by atoms with E-state index in [1.54, 1.807) is 9.88 Å². The third-order valence-electron chi connectivity index (χ3n) is 4.88. The Hall–Kier alpha value is -3.90. The topological polar surface area (TPSA) is 120 Å². The molecule has 2 amide bonds. The number of amides is 2. The summed E-state index contributed by atoms with van der Waals surface area (Å²) < 4.78 is 40.6. The highest BCUT2D eigenvalue weighted by Crippen LogP contribution is 2.15. The summed E-state index contributed by atoms with van der Waals surface area (Å²) in [6.07, 6.45) is -2.70. The molecule has 0 unspecified atom stereocenters. The zero-order valence-corrected chi connectivity index (χ0v) is 17.8. The van der Waals surface area contributed by atoms with E-state index in [4.69, 9.17) is 0 Å². The zero-order chi connectivity index (χ0) is 24.3. The first-order chi connectivity index (χ1) is 15.5. The van der Waals surface area contributed by atoms with E-state index in [-0.39, 0.29) is 41.3 Å². The predicted molar refractivity (Wildman–Crippen MR) is 113 cm³/mol. The number of hydrogen-bond donors (Lipinski definition) is 2. The van der Waals surface area contributed by atoms with Gasteiger partial charge in [0.1, 0.15) is 6.54 Å². The second kappa shape index (κ2) is 9.30. The van der Waals surface area contributed by atoms with Gasteiger partial charge in [-0.3, -0.25) is 23.5 Å². The number of carbonyl (C=O) groups excluding carboxylic acids is 2. The molecule has 0 fully saturated rings. The first kappa shape index (κ1) is 23.8. The first-order valence-corrected chi connectivity index (χ1v) is 9.83. The molecule has 0 aliphatic heterocycles. The van der Waals surface area contributed by atoms with Gasteiger partial charge in [0.05, 0.1) is 6.33 Å². The van der Waals surface area contributed by atoms with Gasteiger partial charge < -0.3 is 15.2 Å². The van der Waals surface area contributed by atoms with Crippen LogP contribution in [0.2, 0.25) is 0 Å². The molecule has 0 spiro atoms. The summed E-state index contributed by atoms with van der Waals surface area (Å²) >= 11 is 0. The molecule has 13 heteroatoms. The van der Waals surface area contributed by atoms with Crippen LogP contribution in [0.15, 0.2) is 40.2 Å². The number of aryl methyl sites for hydroxylation is 2. The second-order valence-electron chi connectivity index (χ2n) is 7.35. The average Bonchev–Trinajstić information content (AvgIpc) is 3.18. The van der Waals surface area contributed by atoms with Gasteiger partial charge in [0, 0.05) is 38.3 Å². The third-order valence-corrected chi connectivity index (χ3v) is 4.88. The van der Waals surface area contributed by atoms with Gasteiger partial charge >= 0.3 is 11.9 Å². The largest absolute Gasteiger partial charge is 0.405 e. The average molecular weight is 466 g/mol. The fraction of sp³-hybridized carbons (Fsp3) is 0.350. The molecule has 0 aliphatic carbocycles. The number of benzene rings is 1. The quantitative estimate of drug-likeness (QED) is 0.541. The highest BCUT2D eigenvalue weighted by molar-refractivity contribution is 5.97. The SMILES string of the molecule is Cn1c(=O)c2c(ncn2CCCC(=O)Nc2cccc(C(=O)NCC(F)(F)F)c2)n(C)c1=O. The lowest BCUT2D eigenvalue weighted by Gasteiger charge is -2.10. The molecule has 0 saturated heterocycles. The summed E-state index contributed by atoms with van der Waals surface area (Å²) in [7, 11) is 2.87. The van der Waals surface area contributed by atoms with Crippen molar-refractivity contribution in [1.82, 2.24) is 24.0 Å². The van der Waals surface area contributed by atoms with Crippen molar-refractivity contribution < 1.29 is 22.8 Å².